The molecule has 2 nitrogen and oxygen atoms in total. The molecule has 0 bridgehead atoms. The molecule has 106 valence electrons. The van der Waals surface area contributed by atoms with Crippen LogP contribution in [-0.2, 0) is 6.54 Å². The molecule has 0 amide bonds. The first-order valence-corrected chi connectivity index (χ1v) is 8.07. The summed E-state index contributed by atoms with van der Waals surface area (Å²) in [6, 6.07) is 7.39. The molecule has 2 unspecified atom stereocenters. The highest BCUT2D eigenvalue weighted by atomic mass is 79.9. The van der Waals surface area contributed by atoms with Crippen LogP contribution < -0.4 is 10.2 Å². The quantitative estimate of drug-likeness (QED) is 0.893. The highest BCUT2D eigenvalue weighted by Gasteiger charge is 2.23. The molecular formula is C16H25BrN2. The molecule has 2 rings (SSSR count). The van der Waals surface area contributed by atoms with Crippen LogP contribution in [0.1, 0.15) is 38.2 Å². The lowest BCUT2D eigenvalue weighted by atomic mass is 9.86. The molecule has 3 heteroatoms. The van der Waals surface area contributed by atoms with Crippen molar-refractivity contribution in [2.24, 2.45) is 5.92 Å². The fourth-order valence-electron chi connectivity index (χ4n) is 3.10. The first-order chi connectivity index (χ1) is 9.11. The van der Waals surface area contributed by atoms with E-state index in [1.807, 2.05) is 7.05 Å². The van der Waals surface area contributed by atoms with E-state index in [1.54, 1.807) is 0 Å². The lowest BCUT2D eigenvalue weighted by Gasteiger charge is -2.36. The van der Waals surface area contributed by atoms with Crippen LogP contribution >= 0.6 is 15.9 Å². The summed E-state index contributed by atoms with van der Waals surface area (Å²) in [6.45, 7) is 3.30. The fourth-order valence-corrected chi connectivity index (χ4v) is 3.81. The van der Waals surface area contributed by atoms with E-state index in [0.717, 1.165) is 12.5 Å². The first kappa shape index (κ1) is 14.9. The average Bonchev–Trinajstić information content (AvgIpc) is 2.38. The van der Waals surface area contributed by atoms with Gasteiger partial charge in [0.1, 0.15) is 0 Å². The Hall–Kier alpha value is -0.540. The average molecular weight is 325 g/mol. The van der Waals surface area contributed by atoms with E-state index >= 15 is 0 Å². The van der Waals surface area contributed by atoms with Gasteiger partial charge in [-0.2, -0.15) is 0 Å². The number of nitrogens with one attached hydrogen (secondary N) is 1. The lowest BCUT2D eigenvalue weighted by Crippen LogP contribution is -2.35. The summed E-state index contributed by atoms with van der Waals surface area (Å²) in [7, 11) is 4.22. The molecule has 0 radical (unpaired) electrons. The van der Waals surface area contributed by atoms with Gasteiger partial charge >= 0.3 is 0 Å². The number of anilines is 1. The molecular weight excluding hydrogens is 300 g/mol. The Morgan fingerprint density at radius 1 is 1.37 bits per heavy atom. The molecule has 1 saturated carbocycles. The number of benzene rings is 1. The standard InChI is InChI=1S/C16H25BrN2/c1-12-5-4-6-14(9-12)19(3)16-8-7-13(11-18-2)10-15(16)17/h7-8,10,12,14,18H,4-6,9,11H2,1-3H3. The van der Waals surface area contributed by atoms with Gasteiger partial charge in [-0.1, -0.05) is 25.8 Å². The van der Waals surface area contributed by atoms with Crippen molar-refractivity contribution in [3.8, 4) is 0 Å². The van der Waals surface area contributed by atoms with Gasteiger partial charge < -0.3 is 10.2 Å². The minimum Gasteiger partial charge on any atom is -0.371 e. The fraction of sp³-hybridized carbons (Fsp3) is 0.625. The van der Waals surface area contributed by atoms with Crippen LogP contribution in [-0.4, -0.2) is 20.1 Å². The van der Waals surface area contributed by atoms with Crippen molar-refractivity contribution in [3.63, 3.8) is 0 Å². The second-order valence-electron chi connectivity index (χ2n) is 5.85. The highest BCUT2D eigenvalue weighted by Crippen LogP contribution is 2.33. The van der Waals surface area contributed by atoms with Gasteiger partial charge in [-0.25, -0.2) is 0 Å². The third kappa shape index (κ3) is 3.73. The van der Waals surface area contributed by atoms with Gasteiger partial charge in [0.25, 0.3) is 0 Å². The van der Waals surface area contributed by atoms with Gasteiger partial charge in [0, 0.05) is 24.1 Å². The Kier molecular flexibility index (Phi) is 5.28. The summed E-state index contributed by atoms with van der Waals surface area (Å²) in [5, 5.41) is 3.19. The topological polar surface area (TPSA) is 15.3 Å². The normalized spacial score (nSPS) is 23.4. The third-order valence-electron chi connectivity index (χ3n) is 4.23. The van der Waals surface area contributed by atoms with Crippen LogP contribution in [0.15, 0.2) is 22.7 Å². The molecule has 0 aliphatic heterocycles. The molecule has 2 atom stereocenters. The van der Waals surface area contributed by atoms with Crippen molar-refractivity contribution in [3.05, 3.63) is 28.2 Å². The number of hydrogen-bond acceptors (Lipinski definition) is 2. The van der Waals surface area contributed by atoms with Crippen molar-refractivity contribution in [2.75, 3.05) is 19.0 Å². The zero-order valence-electron chi connectivity index (χ0n) is 12.2. The maximum absolute atomic E-state index is 3.73. The molecule has 0 saturated heterocycles. The van der Waals surface area contributed by atoms with Crippen molar-refractivity contribution in [1.29, 1.82) is 0 Å². The van der Waals surface area contributed by atoms with Gasteiger partial charge in [0.05, 0.1) is 5.69 Å². The highest BCUT2D eigenvalue weighted by molar-refractivity contribution is 9.10. The van der Waals surface area contributed by atoms with Crippen LogP contribution in [0.2, 0.25) is 0 Å². The molecule has 1 N–H and O–H groups in total. The van der Waals surface area contributed by atoms with E-state index in [-0.39, 0.29) is 0 Å². The molecule has 0 spiro atoms. The van der Waals surface area contributed by atoms with Crippen LogP contribution in [0.5, 0.6) is 0 Å². The van der Waals surface area contributed by atoms with Crippen molar-refractivity contribution in [2.45, 2.75) is 45.2 Å². The first-order valence-electron chi connectivity index (χ1n) is 7.27. The van der Waals surface area contributed by atoms with Crippen LogP contribution in [0.25, 0.3) is 0 Å². The molecule has 0 aromatic heterocycles. The SMILES string of the molecule is CNCc1ccc(N(C)C2CCCC(C)C2)c(Br)c1. The summed E-state index contributed by atoms with van der Waals surface area (Å²) < 4.78 is 1.21. The van der Waals surface area contributed by atoms with Crippen LogP contribution in [0, 0.1) is 5.92 Å². The van der Waals surface area contributed by atoms with Gasteiger partial charge in [-0.15, -0.1) is 0 Å². The maximum atomic E-state index is 3.73. The van der Waals surface area contributed by atoms with Gasteiger partial charge in [-0.3, -0.25) is 0 Å². The Morgan fingerprint density at radius 2 is 2.16 bits per heavy atom. The zero-order valence-corrected chi connectivity index (χ0v) is 13.8. The smallest absolute Gasteiger partial charge is 0.0510 e. The predicted octanol–water partition coefficient (Wildman–Crippen LogP) is 4.18. The number of halogens is 1. The number of nitrogens with zero attached hydrogens (tertiary/aromatic N) is 1. The van der Waals surface area contributed by atoms with E-state index in [2.05, 4.69) is 58.3 Å². The molecule has 19 heavy (non-hydrogen) atoms. The molecule has 1 aliphatic rings. The summed E-state index contributed by atoms with van der Waals surface area (Å²) in [6.07, 6.45) is 5.41. The summed E-state index contributed by atoms with van der Waals surface area (Å²) in [5.41, 5.74) is 2.64. The van der Waals surface area contributed by atoms with Gasteiger partial charge in [0.2, 0.25) is 0 Å². The van der Waals surface area contributed by atoms with Gasteiger partial charge in [-0.05, 0) is 59.4 Å². The van der Waals surface area contributed by atoms with E-state index in [0.29, 0.717) is 6.04 Å². The summed E-state index contributed by atoms with van der Waals surface area (Å²) in [5.74, 6) is 0.864. The van der Waals surface area contributed by atoms with Crippen LogP contribution in [0.4, 0.5) is 5.69 Å². The maximum Gasteiger partial charge on any atom is 0.0510 e. The van der Waals surface area contributed by atoms with E-state index < -0.39 is 0 Å². The van der Waals surface area contributed by atoms with Crippen molar-refractivity contribution in [1.82, 2.24) is 5.32 Å². The van der Waals surface area contributed by atoms with Crippen LogP contribution in [0.3, 0.4) is 0 Å². The Balaban J connectivity index is 2.12. The monoisotopic (exact) mass is 324 g/mol. The summed E-state index contributed by atoms with van der Waals surface area (Å²) in [4.78, 5) is 2.46. The lowest BCUT2D eigenvalue weighted by molar-refractivity contribution is 0.336. The molecule has 0 heterocycles. The Labute approximate surface area is 125 Å². The van der Waals surface area contributed by atoms with Gasteiger partial charge in [0.15, 0.2) is 0 Å². The largest absolute Gasteiger partial charge is 0.371 e. The van der Waals surface area contributed by atoms with E-state index in [4.69, 9.17) is 0 Å². The second kappa shape index (κ2) is 6.76. The predicted molar refractivity (Wildman–Crippen MR) is 86.7 cm³/mol. The molecule has 1 aromatic carbocycles. The Bertz CT molecular complexity index is 419. The van der Waals surface area contributed by atoms with Crippen molar-refractivity contribution >= 4 is 21.6 Å². The molecule has 1 aromatic rings. The summed E-state index contributed by atoms with van der Waals surface area (Å²) >= 11 is 3.73. The van der Waals surface area contributed by atoms with E-state index in [9.17, 15) is 0 Å². The zero-order chi connectivity index (χ0) is 13.8. The minimum atomic E-state index is 0.690. The minimum absolute atomic E-state index is 0.690. The second-order valence-corrected chi connectivity index (χ2v) is 6.71. The van der Waals surface area contributed by atoms with E-state index in [1.165, 1.54) is 41.4 Å². The molecule has 1 fully saturated rings. The number of rotatable bonds is 4. The molecule has 1 aliphatic carbocycles. The Morgan fingerprint density at radius 3 is 2.79 bits per heavy atom. The number of hydrogen-bond donors (Lipinski definition) is 1. The van der Waals surface area contributed by atoms with Crippen molar-refractivity contribution < 1.29 is 0 Å². The third-order valence-corrected chi connectivity index (χ3v) is 4.86.